The first kappa shape index (κ1) is 23.3. The predicted molar refractivity (Wildman–Crippen MR) is 103 cm³/mol. The van der Waals surface area contributed by atoms with Crippen molar-refractivity contribution >= 4 is 34.1 Å². The summed E-state index contributed by atoms with van der Waals surface area (Å²) < 4.78 is 36.3. The molecule has 7 nitrogen and oxygen atoms in total. The number of carbonyl (C=O) groups excluding carboxylic acids is 2. The van der Waals surface area contributed by atoms with Gasteiger partial charge in [0.05, 0.1) is 0 Å². The molecule has 10 heteroatoms. The Labute approximate surface area is 164 Å². The second-order valence-corrected chi connectivity index (χ2v) is 8.82. The lowest BCUT2D eigenvalue weighted by atomic mass is 9.96. The van der Waals surface area contributed by atoms with Crippen LogP contribution < -0.4 is 16.0 Å². The van der Waals surface area contributed by atoms with Gasteiger partial charge in [-0.3, -0.25) is 9.59 Å². The van der Waals surface area contributed by atoms with E-state index in [1.807, 2.05) is 0 Å². The van der Waals surface area contributed by atoms with Crippen molar-refractivity contribution < 1.29 is 22.4 Å². The molecule has 2 amide bonds. The highest BCUT2D eigenvalue weighted by molar-refractivity contribution is 7.92. The molecule has 0 radical (unpaired) electrons. The lowest BCUT2D eigenvalue weighted by Gasteiger charge is -2.34. The van der Waals surface area contributed by atoms with Gasteiger partial charge in [-0.05, 0) is 50.6 Å². The molecule has 0 bridgehead atoms. The number of carbonyl (C=O) groups is 2. The molecule has 1 fully saturated rings. The maximum atomic E-state index is 13.5. The summed E-state index contributed by atoms with van der Waals surface area (Å²) in [6.07, 6.45) is 1.50. The highest BCUT2D eigenvalue weighted by Crippen LogP contribution is 2.27. The first-order valence-corrected chi connectivity index (χ1v) is 10.3. The molecule has 1 aliphatic heterocycles. The molecule has 1 aromatic carbocycles. The third-order valence-corrected chi connectivity index (χ3v) is 6.68. The van der Waals surface area contributed by atoms with E-state index in [-0.39, 0.29) is 43.9 Å². The highest BCUT2D eigenvalue weighted by atomic mass is 35.5. The van der Waals surface area contributed by atoms with Crippen LogP contribution in [0.4, 0.5) is 4.39 Å². The lowest BCUT2D eigenvalue weighted by molar-refractivity contribution is -0.124. The van der Waals surface area contributed by atoms with Crippen molar-refractivity contribution in [3.8, 4) is 0 Å². The van der Waals surface area contributed by atoms with Gasteiger partial charge >= 0.3 is 0 Å². The third-order valence-electron chi connectivity index (χ3n) is 4.66. The number of halogens is 2. The molecule has 27 heavy (non-hydrogen) atoms. The van der Waals surface area contributed by atoms with E-state index in [0.717, 1.165) is 12.3 Å². The summed E-state index contributed by atoms with van der Waals surface area (Å²) in [6.45, 7) is 2.71. The predicted octanol–water partition coefficient (Wildman–Crippen LogP) is 0.569. The van der Waals surface area contributed by atoms with Crippen LogP contribution in [-0.2, 0) is 14.6 Å². The van der Waals surface area contributed by atoms with Gasteiger partial charge in [-0.25, -0.2) is 12.8 Å². The molecule has 0 aliphatic carbocycles. The van der Waals surface area contributed by atoms with Crippen molar-refractivity contribution in [2.24, 2.45) is 0 Å². The molecule has 1 aliphatic rings. The quantitative estimate of drug-likeness (QED) is 0.582. The Balaban J connectivity index is 0.00000364. The number of rotatable bonds is 6. The third kappa shape index (κ3) is 5.40. The zero-order valence-electron chi connectivity index (χ0n) is 15.3. The number of amides is 2. The molecular weight excluding hydrogens is 397 g/mol. The second-order valence-electron chi connectivity index (χ2n) is 6.49. The SMILES string of the molecule is Cc1ccc(C(=O)NCCNC(=O)C2(S(C)(=O)=O)CCNCC2)cc1F.Cl. The fourth-order valence-corrected chi connectivity index (χ4v) is 4.30. The lowest BCUT2D eigenvalue weighted by Crippen LogP contribution is -2.57. The largest absolute Gasteiger partial charge is 0.353 e. The Bertz CT molecular complexity index is 795. The van der Waals surface area contributed by atoms with Crippen LogP contribution in [0.2, 0.25) is 0 Å². The number of hydrogen-bond acceptors (Lipinski definition) is 5. The average Bonchev–Trinajstić information content (AvgIpc) is 2.60. The molecule has 3 N–H and O–H groups in total. The van der Waals surface area contributed by atoms with Crippen LogP contribution in [0.15, 0.2) is 18.2 Å². The van der Waals surface area contributed by atoms with Crippen LogP contribution >= 0.6 is 12.4 Å². The Morgan fingerprint density at radius 1 is 1.19 bits per heavy atom. The van der Waals surface area contributed by atoms with E-state index < -0.39 is 32.2 Å². The van der Waals surface area contributed by atoms with Gasteiger partial charge < -0.3 is 16.0 Å². The van der Waals surface area contributed by atoms with Crippen molar-refractivity contribution in [3.63, 3.8) is 0 Å². The molecule has 0 saturated carbocycles. The van der Waals surface area contributed by atoms with Crippen molar-refractivity contribution in [3.05, 3.63) is 35.1 Å². The van der Waals surface area contributed by atoms with E-state index >= 15 is 0 Å². The number of sulfone groups is 1. The minimum atomic E-state index is -3.57. The maximum absolute atomic E-state index is 13.5. The zero-order valence-corrected chi connectivity index (χ0v) is 16.9. The molecule has 2 rings (SSSR count). The normalized spacial score (nSPS) is 16.1. The second kappa shape index (κ2) is 9.48. The summed E-state index contributed by atoms with van der Waals surface area (Å²) in [5.74, 6) is -1.47. The van der Waals surface area contributed by atoms with Gasteiger partial charge in [0.2, 0.25) is 5.91 Å². The smallest absolute Gasteiger partial charge is 0.251 e. The van der Waals surface area contributed by atoms with E-state index in [2.05, 4.69) is 16.0 Å². The fraction of sp³-hybridized carbons (Fsp3) is 0.529. The van der Waals surface area contributed by atoms with Crippen LogP contribution in [0.1, 0.15) is 28.8 Å². The summed E-state index contributed by atoms with van der Waals surface area (Å²) in [4.78, 5) is 24.5. The number of nitrogens with one attached hydrogen (secondary N) is 3. The van der Waals surface area contributed by atoms with Crippen LogP contribution in [0.25, 0.3) is 0 Å². The Kier molecular flexibility index (Phi) is 8.19. The molecule has 0 spiro atoms. The number of hydrogen-bond donors (Lipinski definition) is 3. The molecule has 1 aromatic rings. The summed E-state index contributed by atoms with van der Waals surface area (Å²) >= 11 is 0. The number of piperidine rings is 1. The molecule has 152 valence electrons. The molecule has 0 unspecified atom stereocenters. The summed E-state index contributed by atoms with van der Waals surface area (Å²) in [7, 11) is -3.57. The summed E-state index contributed by atoms with van der Waals surface area (Å²) in [6, 6.07) is 4.18. The Morgan fingerprint density at radius 3 is 2.33 bits per heavy atom. The van der Waals surface area contributed by atoms with Gasteiger partial charge in [0.1, 0.15) is 5.82 Å². The molecule has 0 aromatic heterocycles. The molecular formula is C17H25ClFN3O4S. The van der Waals surface area contributed by atoms with Gasteiger partial charge in [0, 0.05) is 24.9 Å². The molecule has 1 heterocycles. The van der Waals surface area contributed by atoms with Crippen LogP contribution in [0.3, 0.4) is 0 Å². The molecule has 0 atom stereocenters. The first-order valence-electron chi connectivity index (χ1n) is 8.40. The Hall–Kier alpha value is -1.71. The summed E-state index contributed by atoms with van der Waals surface area (Å²) in [5.41, 5.74) is 0.632. The minimum Gasteiger partial charge on any atom is -0.353 e. The van der Waals surface area contributed by atoms with Gasteiger partial charge in [0.25, 0.3) is 5.91 Å². The number of benzene rings is 1. The van der Waals surface area contributed by atoms with Crippen LogP contribution in [-0.4, -0.2) is 57.4 Å². The van der Waals surface area contributed by atoms with Crippen LogP contribution in [0.5, 0.6) is 0 Å². The van der Waals surface area contributed by atoms with Gasteiger partial charge in [-0.15, -0.1) is 12.4 Å². The summed E-state index contributed by atoms with van der Waals surface area (Å²) in [5, 5.41) is 8.21. The van der Waals surface area contributed by atoms with E-state index in [4.69, 9.17) is 0 Å². The average molecular weight is 422 g/mol. The first-order chi connectivity index (χ1) is 12.2. The topological polar surface area (TPSA) is 104 Å². The Morgan fingerprint density at radius 2 is 1.78 bits per heavy atom. The van der Waals surface area contributed by atoms with Crippen molar-refractivity contribution in [1.82, 2.24) is 16.0 Å². The van der Waals surface area contributed by atoms with Crippen molar-refractivity contribution in [1.29, 1.82) is 0 Å². The van der Waals surface area contributed by atoms with E-state index in [0.29, 0.717) is 18.7 Å². The highest BCUT2D eigenvalue weighted by Gasteiger charge is 2.48. The van der Waals surface area contributed by atoms with E-state index in [1.54, 1.807) is 6.92 Å². The minimum absolute atomic E-state index is 0. The van der Waals surface area contributed by atoms with Gasteiger partial charge in [-0.1, -0.05) is 6.07 Å². The van der Waals surface area contributed by atoms with Crippen LogP contribution in [0, 0.1) is 12.7 Å². The standard InChI is InChI=1S/C17H24FN3O4S.ClH/c1-12-3-4-13(11-14(12)18)15(22)20-9-10-21-16(23)17(26(2,24)25)5-7-19-8-6-17;/h3-4,11,19H,5-10H2,1-2H3,(H,20,22)(H,21,23);1H. The van der Waals surface area contributed by atoms with Crippen molar-refractivity contribution in [2.75, 3.05) is 32.4 Å². The fourth-order valence-electron chi connectivity index (χ4n) is 2.95. The zero-order chi connectivity index (χ0) is 19.4. The maximum Gasteiger partial charge on any atom is 0.251 e. The number of aryl methyl sites for hydroxylation is 1. The van der Waals surface area contributed by atoms with E-state index in [9.17, 15) is 22.4 Å². The molecule has 1 saturated heterocycles. The van der Waals surface area contributed by atoms with Crippen molar-refractivity contribution in [2.45, 2.75) is 24.5 Å². The van der Waals surface area contributed by atoms with Gasteiger partial charge in [-0.2, -0.15) is 0 Å². The monoisotopic (exact) mass is 421 g/mol. The van der Waals surface area contributed by atoms with E-state index in [1.165, 1.54) is 12.1 Å². The van der Waals surface area contributed by atoms with Gasteiger partial charge in [0.15, 0.2) is 14.6 Å².